The molecule has 0 aliphatic heterocycles. The zero-order valence-corrected chi connectivity index (χ0v) is 16.3. The summed E-state index contributed by atoms with van der Waals surface area (Å²) in [5.74, 6) is -0.598. The molecule has 11 heteroatoms. The van der Waals surface area contributed by atoms with E-state index < -0.39 is 15.9 Å². The average Bonchev–Trinajstić information content (AvgIpc) is 2.70. The van der Waals surface area contributed by atoms with Crippen molar-refractivity contribution in [3.63, 3.8) is 0 Å². The van der Waals surface area contributed by atoms with Crippen LogP contribution in [0.15, 0.2) is 59.8 Å². The highest BCUT2D eigenvalue weighted by Crippen LogP contribution is 2.27. The summed E-state index contributed by atoms with van der Waals surface area (Å²) in [5.41, 5.74) is 7.12. The largest absolute Gasteiger partial charge is 0.383 e. The molecule has 0 saturated carbocycles. The summed E-state index contributed by atoms with van der Waals surface area (Å²) in [7, 11) is -4.02. The summed E-state index contributed by atoms with van der Waals surface area (Å²) in [5, 5.41) is 9.82. The van der Waals surface area contributed by atoms with E-state index in [-0.39, 0.29) is 16.5 Å². The van der Waals surface area contributed by atoms with Crippen LogP contribution in [0.3, 0.4) is 0 Å². The molecule has 3 aromatic rings. The Morgan fingerprint density at radius 1 is 1.10 bits per heavy atom. The summed E-state index contributed by atoms with van der Waals surface area (Å²) in [6.07, 6.45) is 3.46. The van der Waals surface area contributed by atoms with Gasteiger partial charge < -0.3 is 16.5 Å². The van der Waals surface area contributed by atoms with Crippen LogP contribution in [-0.2, 0) is 14.8 Å². The van der Waals surface area contributed by atoms with Gasteiger partial charge in [0, 0.05) is 28.7 Å². The number of hydrogen-bond donors (Lipinski definition) is 4. The van der Waals surface area contributed by atoms with Crippen molar-refractivity contribution in [2.45, 2.75) is 4.90 Å². The molecule has 5 N–H and O–H groups in total. The number of pyridine rings is 2. The number of benzene rings is 1. The molecule has 2 aromatic heterocycles. The van der Waals surface area contributed by atoms with E-state index in [0.717, 1.165) is 0 Å². The molecule has 0 spiro atoms. The molecule has 2 heterocycles. The highest BCUT2D eigenvalue weighted by Gasteiger charge is 2.20. The third kappa shape index (κ3) is 4.86. The highest BCUT2D eigenvalue weighted by atomic mass is 35.5. The number of anilines is 3. The van der Waals surface area contributed by atoms with Gasteiger partial charge in [0.2, 0.25) is 0 Å². The number of hydrogen-bond acceptors (Lipinski definition) is 7. The summed E-state index contributed by atoms with van der Waals surface area (Å²) < 4.78 is 28.0. The molecule has 9 nitrogen and oxygen atoms in total. The first kappa shape index (κ1) is 20.2. The van der Waals surface area contributed by atoms with Crippen LogP contribution in [0.4, 0.5) is 17.3 Å². The fourth-order valence-corrected chi connectivity index (χ4v) is 3.69. The second-order valence-electron chi connectivity index (χ2n) is 5.78. The molecule has 0 aliphatic rings. The SMILES string of the molecule is N=CC(=O)Nc1cc(-c2cnc(N)c(S(=O)(=O)Nc3ccc(Cl)cc3)c2)ccn1. The van der Waals surface area contributed by atoms with Crippen molar-refractivity contribution in [3.05, 3.63) is 59.9 Å². The Balaban J connectivity index is 1.95. The standard InChI is InChI=1S/C18H15ClN6O3S/c19-13-1-3-14(4-2-13)25-29(27,28)15-7-12(10-23-18(15)21)11-5-6-22-16(8-11)24-17(26)9-20/h1-10,20,25H,(H2,21,23)(H,22,24,26). The Bertz CT molecular complexity index is 1180. The number of halogens is 1. The molecule has 0 saturated heterocycles. The Kier molecular flexibility index (Phi) is 5.76. The molecule has 148 valence electrons. The van der Waals surface area contributed by atoms with Gasteiger partial charge in [-0.25, -0.2) is 18.4 Å². The van der Waals surface area contributed by atoms with Crippen molar-refractivity contribution < 1.29 is 13.2 Å². The maximum Gasteiger partial charge on any atom is 0.267 e. The third-order valence-electron chi connectivity index (χ3n) is 3.74. The molecule has 3 rings (SSSR count). The van der Waals surface area contributed by atoms with Crippen molar-refractivity contribution in [1.29, 1.82) is 5.41 Å². The van der Waals surface area contributed by atoms with Crippen LogP contribution in [0, 0.1) is 5.41 Å². The summed E-state index contributed by atoms with van der Waals surface area (Å²) in [4.78, 5) is 19.1. The number of sulfonamides is 1. The molecule has 29 heavy (non-hydrogen) atoms. The van der Waals surface area contributed by atoms with E-state index in [1.54, 1.807) is 18.2 Å². The van der Waals surface area contributed by atoms with Gasteiger partial charge in [-0.2, -0.15) is 0 Å². The first-order valence-electron chi connectivity index (χ1n) is 8.10. The first-order chi connectivity index (χ1) is 13.8. The third-order valence-corrected chi connectivity index (χ3v) is 5.41. The number of carbonyl (C=O) groups excluding carboxylic acids is 1. The molecular weight excluding hydrogens is 416 g/mol. The second kappa shape index (κ2) is 8.25. The number of nitrogen functional groups attached to an aromatic ring is 1. The van der Waals surface area contributed by atoms with Crippen LogP contribution in [-0.4, -0.2) is 30.5 Å². The fourth-order valence-electron chi connectivity index (χ4n) is 2.40. The van der Waals surface area contributed by atoms with Gasteiger partial charge in [0.25, 0.3) is 15.9 Å². The number of carbonyl (C=O) groups is 1. The first-order valence-corrected chi connectivity index (χ1v) is 9.96. The van der Waals surface area contributed by atoms with Crippen LogP contribution in [0.5, 0.6) is 0 Å². The van der Waals surface area contributed by atoms with E-state index in [1.807, 2.05) is 0 Å². The van der Waals surface area contributed by atoms with Gasteiger partial charge in [-0.15, -0.1) is 0 Å². The van der Waals surface area contributed by atoms with Gasteiger partial charge >= 0.3 is 0 Å². The predicted molar refractivity (Wildman–Crippen MR) is 112 cm³/mol. The summed E-state index contributed by atoms with van der Waals surface area (Å²) >= 11 is 5.82. The normalized spacial score (nSPS) is 10.9. The highest BCUT2D eigenvalue weighted by molar-refractivity contribution is 7.92. The van der Waals surface area contributed by atoms with Crippen LogP contribution < -0.4 is 15.8 Å². The lowest BCUT2D eigenvalue weighted by molar-refractivity contribution is -0.110. The lowest BCUT2D eigenvalue weighted by atomic mass is 10.1. The Morgan fingerprint density at radius 2 is 1.83 bits per heavy atom. The monoisotopic (exact) mass is 430 g/mol. The van der Waals surface area contributed by atoms with E-state index in [4.69, 9.17) is 22.7 Å². The Hall–Kier alpha value is -3.50. The molecule has 0 unspecified atom stereocenters. The van der Waals surface area contributed by atoms with E-state index in [9.17, 15) is 13.2 Å². The maximum atomic E-state index is 12.8. The van der Waals surface area contributed by atoms with Crippen molar-refractivity contribution >= 4 is 51.1 Å². The van der Waals surface area contributed by atoms with Gasteiger partial charge in [-0.05, 0) is 48.0 Å². The van der Waals surface area contributed by atoms with Crippen molar-refractivity contribution in [2.75, 3.05) is 15.8 Å². The molecule has 0 fully saturated rings. The fraction of sp³-hybridized carbons (Fsp3) is 0. The zero-order valence-electron chi connectivity index (χ0n) is 14.8. The van der Waals surface area contributed by atoms with Crippen molar-refractivity contribution in [1.82, 2.24) is 9.97 Å². The molecule has 0 aliphatic carbocycles. The Labute approximate surface area is 171 Å². The van der Waals surface area contributed by atoms with Crippen LogP contribution in [0.25, 0.3) is 11.1 Å². The maximum absolute atomic E-state index is 12.8. The molecule has 0 radical (unpaired) electrons. The number of nitrogens with zero attached hydrogens (tertiary/aromatic N) is 2. The number of rotatable bonds is 6. The van der Waals surface area contributed by atoms with Crippen LogP contribution in [0.2, 0.25) is 5.02 Å². The molecule has 1 aromatic carbocycles. The number of amides is 1. The van der Waals surface area contributed by atoms with E-state index in [0.29, 0.717) is 28.1 Å². The van der Waals surface area contributed by atoms with Crippen molar-refractivity contribution in [2.24, 2.45) is 0 Å². The summed E-state index contributed by atoms with van der Waals surface area (Å²) in [6.45, 7) is 0. The molecular formula is C18H15ClN6O3S. The van der Waals surface area contributed by atoms with Crippen molar-refractivity contribution in [3.8, 4) is 11.1 Å². The van der Waals surface area contributed by atoms with Crippen LogP contribution in [0.1, 0.15) is 0 Å². The number of aromatic nitrogens is 2. The second-order valence-corrected chi connectivity index (χ2v) is 7.87. The smallest absolute Gasteiger partial charge is 0.267 e. The minimum Gasteiger partial charge on any atom is -0.383 e. The lowest BCUT2D eigenvalue weighted by Gasteiger charge is -2.12. The predicted octanol–water partition coefficient (Wildman–Crippen LogP) is 2.77. The minimum atomic E-state index is -4.02. The quantitative estimate of drug-likeness (QED) is 0.441. The van der Waals surface area contributed by atoms with Gasteiger partial charge in [-0.3, -0.25) is 9.52 Å². The van der Waals surface area contributed by atoms with E-state index >= 15 is 0 Å². The van der Waals surface area contributed by atoms with E-state index in [2.05, 4.69) is 20.0 Å². The molecule has 1 amide bonds. The molecule has 0 bridgehead atoms. The average molecular weight is 431 g/mol. The summed E-state index contributed by atoms with van der Waals surface area (Å²) in [6, 6.07) is 10.7. The molecule has 0 atom stereocenters. The topological polar surface area (TPSA) is 151 Å². The Morgan fingerprint density at radius 3 is 2.52 bits per heavy atom. The van der Waals surface area contributed by atoms with E-state index in [1.165, 1.54) is 36.7 Å². The number of nitrogens with one attached hydrogen (secondary N) is 3. The zero-order chi connectivity index (χ0) is 21.0. The number of nitrogens with two attached hydrogens (primary N) is 1. The van der Waals surface area contributed by atoms with Gasteiger partial charge in [0.1, 0.15) is 16.5 Å². The van der Waals surface area contributed by atoms with Crippen LogP contribution >= 0.6 is 11.6 Å². The lowest BCUT2D eigenvalue weighted by Crippen LogP contribution is -2.15. The van der Waals surface area contributed by atoms with Gasteiger partial charge in [0.05, 0.1) is 6.21 Å². The van der Waals surface area contributed by atoms with Gasteiger partial charge in [0.15, 0.2) is 0 Å². The minimum absolute atomic E-state index is 0.165. The van der Waals surface area contributed by atoms with Gasteiger partial charge in [-0.1, -0.05) is 11.6 Å².